The number of benzene rings is 1. The molecule has 0 bridgehead atoms. The van der Waals surface area contributed by atoms with Crippen molar-refractivity contribution < 1.29 is 23.5 Å². The number of ether oxygens (including phenoxy) is 1. The van der Waals surface area contributed by atoms with E-state index in [1.54, 1.807) is 0 Å². The fraction of sp³-hybridized carbons (Fsp3) is 0.550. The standard InChI is InChI=1S/C20H26FN3O4/c1-2-3-10-20(14-6-8-15(21)9-7-14)18(26)24(19(27)23-20)13-17(25)22-12-16-5-4-11-28-16/h6-9,16H,2-5,10-13H2,1H3,(H,22,25)(H,23,27)/t16-,20-/m0/s1. The number of carbonyl (C=O) groups excluding carboxylic acids is 3. The summed E-state index contributed by atoms with van der Waals surface area (Å²) in [6.45, 7) is 2.68. The van der Waals surface area contributed by atoms with Crippen LogP contribution in [-0.2, 0) is 19.9 Å². The van der Waals surface area contributed by atoms with E-state index in [2.05, 4.69) is 10.6 Å². The molecule has 7 nitrogen and oxygen atoms in total. The second-order valence-electron chi connectivity index (χ2n) is 7.28. The summed E-state index contributed by atoms with van der Waals surface area (Å²) in [5, 5.41) is 5.47. The van der Waals surface area contributed by atoms with Crippen molar-refractivity contribution in [3.8, 4) is 0 Å². The van der Waals surface area contributed by atoms with Crippen LogP contribution in [0.5, 0.6) is 0 Å². The summed E-state index contributed by atoms with van der Waals surface area (Å²) in [5.74, 6) is -1.31. The topological polar surface area (TPSA) is 87.7 Å². The number of carbonyl (C=O) groups is 3. The van der Waals surface area contributed by atoms with Gasteiger partial charge in [-0.25, -0.2) is 9.18 Å². The monoisotopic (exact) mass is 391 g/mol. The molecule has 2 saturated heterocycles. The number of nitrogens with one attached hydrogen (secondary N) is 2. The lowest BCUT2D eigenvalue weighted by molar-refractivity contribution is -0.135. The van der Waals surface area contributed by atoms with Gasteiger partial charge in [-0.1, -0.05) is 31.9 Å². The summed E-state index contributed by atoms with van der Waals surface area (Å²) >= 11 is 0. The number of hydrogen-bond donors (Lipinski definition) is 2. The third-order valence-corrected chi connectivity index (χ3v) is 5.27. The minimum absolute atomic E-state index is 0.0186. The molecule has 152 valence electrons. The molecule has 2 aliphatic heterocycles. The maximum atomic E-state index is 13.3. The second kappa shape index (κ2) is 8.68. The highest BCUT2D eigenvalue weighted by molar-refractivity contribution is 6.09. The number of urea groups is 1. The molecule has 0 unspecified atom stereocenters. The molecule has 2 N–H and O–H groups in total. The van der Waals surface area contributed by atoms with Crippen molar-refractivity contribution in [3.05, 3.63) is 35.6 Å². The smallest absolute Gasteiger partial charge is 0.325 e. The number of imide groups is 1. The van der Waals surface area contributed by atoms with Crippen molar-refractivity contribution in [2.45, 2.75) is 50.7 Å². The van der Waals surface area contributed by atoms with E-state index in [-0.39, 0.29) is 12.6 Å². The average molecular weight is 391 g/mol. The molecule has 0 aliphatic carbocycles. The Kier molecular flexibility index (Phi) is 6.28. The van der Waals surface area contributed by atoms with E-state index in [1.807, 2.05) is 6.92 Å². The third-order valence-electron chi connectivity index (χ3n) is 5.27. The van der Waals surface area contributed by atoms with Gasteiger partial charge in [0.2, 0.25) is 5.91 Å². The van der Waals surface area contributed by atoms with Gasteiger partial charge in [0.1, 0.15) is 17.9 Å². The van der Waals surface area contributed by atoms with E-state index in [0.29, 0.717) is 31.6 Å². The molecular weight excluding hydrogens is 365 g/mol. The zero-order valence-electron chi connectivity index (χ0n) is 16.0. The summed E-state index contributed by atoms with van der Waals surface area (Å²) < 4.78 is 18.8. The van der Waals surface area contributed by atoms with Gasteiger partial charge in [-0.3, -0.25) is 14.5 Å². The highest BCUT2D eigenvalue weighted by Crippen LogP contribution is 2.34. The number of halogens is 1. The molecule has 3 rings (SSSR count). The van der Waals surface area contributed by atoms with Gasteiger partial charge in [-0.2, -0.15) is 0 Å². The lowest BCUT2D eigenvalue weighted by atomic mass is 9.85. The van der Waals surface area contributed by atoms with Crippen LogP contribution >= 0.6 is 0 Å². The lowest BCUT2D eigenvalue weighted by Crippen LogP contribution is -2.45. The normalized spacial score (nSPS) is 24.5. The molecule has 1 aromatic carbocycles. The van der Waals surface area contributed by atoms with E-state index in [4.69, 9.17) is 4.74 Å². The molecular formula is C20H26FN3O4. The first-order valence-electron chi connectivity index (χ1n) is 9.74. The molecule has 0 radical (unpaired) electrons. The number of rotatable bonds is 8. The molecule has 1 aromatic rings. The molecule has 8 heteroatoms. The highest BCUT2D eigenvalue weighted by atomic mass is 19.1. The fourth-order valence-corrected chi connectivity index (χ4v) is 3.69. The quantitative estimate of drug-likeness (QED) is 0.664. The Labute approximate surface area is 163 Å². The van der Waals surface area contributed by atoms with Crippen LogP contribution in [0.3, 0.4) is 0 Å². The Morgan fingerprint density at radius 2 is 2.11 bits per heavy atom. The minimum atomic E-state index is -1.27. The van der Waals surface area contributed by atoms with Gasteiger partial charge >= 0.3 is 6.03 Å². The van der Waals surface area contributed by atoms with Crippen molar-refractivity contribution in [1.29, 1.82) is 0 Å². The predicted octanol–water partition coefficient (Wildman–Crippen LogP) is 2.06. The molecule has 2 heterocycles. The molecule has 0 aromatic heterocycles. The van der Waals surface area contributed by atoms with Crippen LogP contribution in [0.4, 0.5) is 9.18 Å². The van der Waals surface area contributed by atoms with Crippen LogP contribution in [-0.4, -0.2) is 48.5 Å². The van der Waals surface area contributed by atoms with Gasteiger partial charge in [-0.05, 0) is 37.0 Å². The first-order chi connectivity index (χ1) is 13.5. The zero-order valence-corrected chi connectivity index (χ0v) is 16.0. The molecule has 2 atom stereocenters. The van der Waals surface area contributed by atoms with Crippen molar-refractivity contribution in [2.75, 3.05) is 19.7 Å². The Balaban J connectivity index is 1.72. The summed E-state index contributed by atoms with van der Waals surface area (Å²) in [5.41, 5.74) is -0.752. The summed E-state index contributed by atoms with van der Waals surface area (Å²) in [6, 6.07) is 4.92. The van der Waals surface area contributed by atoms with Crippen LogP contribution in [0, 0.1) is 5.82 Å². The number of amides is 4. The van der Waals surface area contributed by atoms with E-state index in [0.717, 1.165) is 24.2 Å². The molecule has 0 saturated carbocycles. The molecule has 2 aliphatic rings. The van der Waals surface area contributed by atoms with Gasteiger partial charge in [0.15, 0.2) is 0 Å². The maximum absolute atomic E-state index is 13.3. The maximum Gasteiger partial charge on any atom is 0.325 e. The van der Waals surface area contributed by atoms with Gasteiger partial charge in [-0.15, -0.1) is 0 Å². The fourth-order valence-electron chi connectivity index (χ4n) is 3.69. The SMILES string of the molecule is CCCC[C@@]1(c2ccc(F)cc2)NC(=O)N(CC(=O)NC[C@@H]2CCCO2)C1=O. The first-order valence-corrected chi connectivity index (χ1v) is 9.74. The molecule has 28 heavy (non-hydrogen) atoms. The Morgan fingerprint density at radius 1 is 1.36 bits per heavy atom. The van der Waals surface area contributed by atoms with Crippen molar-refractivity contribution in [2.24, 2.45) is 0 Å². The number of unbranched alkanes of at least 4 members (excludes halogenated alkanes) is 1. The van der Waals surface area contributed by atoms with Gasteiger partial charge in [0.25, 0.3) is 5.91 Å². The van der Waals surface area contributed by atoms with Crippen molar-refractivity contribution >= 4 is 17.8 Å². The molecule has 0 spiro atoms. The van der Waals surface area contributed by atoms with Gasteiger partial charge in [0.05, 0.1) is 6.10 Å². The van der Waals surface area contributed by atoms with Crippen LogP contribution in [0.1, 0.15) is 44.6 Å². The first kappa shape index (κ1) is 20.3. The summed E-state index contributed by atoms with van der Waals surface area (Å²) in [7, 11) is 0. The van der Waals surface area contributed by atoms with Gasteiger partial charge < -0.3 is 15.4 Å². The van der Waals surface area contributed by atoms with Crippen molar-refractivity contribution in [1.82, 2.24) is 15.5 Å². The van der Waals surface area contributed by atoms with Crippen LogP contribution in [0.15, 0.2) is 24.3 Å². The van der Waals surface area contributed by atoms with Crippen molar-refractivity contribution in [3.63, 3.8) is 0 Å². The van der Waals surface area contributed by atoms with Crippen LogP contribution in [0.2, 0.25) is 0 Å². The average Bonchev–Trinajstić information content (AvgIpc) is 3.28. The second-order valence-corrected chi connectivity index (χ2v) is 7.28. The highest BCUT2D eigenvalue weighted by Gasteiger charge is 2.52. The van der Waals surface area contributed by atoms with E-state index >= 15 is 0 Å². The minimum Gasteiger partial charge on any atom is -0.376 e. The third kappa shape index (κ3) is 4.16. The Bertz CT molecular complexity index is 733. The van der Waals surface area contributed by atoms with Crippen LogP contribution < -0.4 is 10.6 Å². The van der Waals surface area contributed by atoms with Gasteiger partial charge in [0, 0.05) is 13.2 Å². The predicted molar refractivity (Wildman–Crippen MR) is 99.8 cm³/mol. The van der Waals surface area contributed by atoms with Crippen LogP contribution in [0.25, 0.3) is 0 Å². The number of hydrogen-bond acceptors (Lipinski definition) is 4. The zero-order chi connectivity index (χ0) is 20.1. The molecule has 4 amide bonds. The van der Waals surface area contributed by atoms with E-state index in [1.165, 1.54) is 24.3 Å². The lowest BCUT2D eigenvalue weighted by Gasteiger charge is -2.27. The van der Waals surface area contributed by atoms with E-state index < -0.39 is 29.2 Å². The Morgan fingerprint density at radius 3 is 2.75 bits per heavy atom. The Hall–Kier alpha value is -2.48. The van der Waals surface area contributed by atoms with E-state index in [9.17, 15) is 18.8 Å². The molecule has 2 fully saturated rings. The summed E-state index contributed by atoms with van der Waals surface area (Å²) in [4.78, 5) is 38.9. The number of nitrogens with zero attached hydrogens (tertiary/aromatic N) is 1. The largest absolute Gasteiger partial charge is 0.376 e. The summed E-state index contributed by atoms with van der Waals surface area (Å²) in [6.07, 6.45) is 3.73.